The number of hydrogen-bond donors (Lipinski definition) is 1. The zero-order chi connectivity index (χ0) is 20.4. The van der Waals surface area contributed by atoms with Crippen LogP contribution in [0, 0.1) is 6.92 Å². The molecule has 0 unspecified atom stereocenters. The summed E-state index contributed by atoms with van der Waals surface area (Å²) in [5.74, 6) is 0.418. The molecule has 4 rings (SSSR count). The largest absolute Gasteiger partial charge is 0.383 e. The van der Waals surface area contributed by atoms with Crippen molar-refractivity contribution in [3.63, 3.8) is 0 Å². The van der Waals surface area contributed by atoms with Crippen LogP contribution in [0.2, 0.25) is 10.0 Å². The van der Waals surface area contributed by atoms with Crippen molar-refractivity contribution in [1.29, 1.82) is 0 Å². The van der Waals surface area contributed by atoms with Gasteiger partial charge in [-0.15, -0.1) is 0 Å². The molecule has 0 aliphatic heterocycles. The Labute approximate surface area is 183 Å². The normalized spacial score (nSPS) is 11.6. The van der Waals surface area contributed by atoms with Crippen molar-refractivity contribution >= 4 is 45.4 Å². The van der Waals surface area contributed by atoms with Crippen molar-refractivity contribution in [2.45, 2.75) is 6.92 Å². The van der Waals surface area contributed by atoms with Crippen LogP contribution in [0.5, 0.6) is 0 Å². The van der Waals surface area contributed by atoms with Crippen LogP contribution in [0.3, 0.4) is 0 Å². The first kappa shape index (κ1) is 19.6. The minimum atomic E-state index is 0.418. The number of aliphatic imine (C=N–C) groups is 1. The summed E-state index contributed by atoms with van der Waals surface area (Å²) in [6.07, 6.45) is 0. The van der Waals surface area contributed by atoms with Crippen LogP contribution in [0.25, 0.3) is 21.8 Å². The summed E-state index contributed by atoms with van der Waals surface area (Å²) in [6, 6.07) is 23.1. The Balaban J connectivity index is 1.82. The monoisotopic (exact) mass is 437 g/mol. The summed E-state index contributed by atoms with van der Waals surface area (Å²) >= 11 is 13.5. The van der Waals surface area contributed by atoms with E-state index in [1.807, 2.05) is 48.5 Å². The highest BCUT2D eigenvalue weighted by Gasteiger charge is 2.15. The molecule has 29 heavy (non-hydrogen) atoms. The maximum absolute atomic E-state index is 6.28. The van der Waals surface area contributed by atoms with Gasteiger partial charge in [0.25, 0.3) is 0 Å². The standard InChI is InChI=1S/C23H17Cl2N3S/c1-14-2-4-15(5-3-14)20-23(28-21(26)16-6-10-18(24)11-7-16)29-22(27-20)17-8-12-19(25)13-9-17/h2-13H,1H3,(H2,26,28). The molecule has 0 saturated carbocycles. The lowest BCUT2D eigenvalue weighted by atomic mass is 10.1. The summed E-state index contributed by atoms with van der Waals surface area (Å²) < 4.78 is 0. The van der Waals surface area contributed by atoms with Crippen molar-refractivity contribution in [2.24, 2.45) is 10.7 Å². The topological polar surface area (TPSA) is 51.3 Å². The smallest absolute Gasteiger partial charge is 0.146 e. The zero-order valence-corrected chi connectivity index (χ0v) is 17.9. The average molecular weight is 438 g/mol. The van der Waals surface area contributed by atoms with E-state index in [0.717, 1.165) is 32.4 Å². The number of rotatable bonds is 4. The first-order valence-corrected chi connectivity index (χ1v) is 10.5. The second kappa shape index (κ2) is 8.37. The molecular formula is C23H17Cl2N3S. The quantitative estimate of drug-likeness (QED) is 0.272. The second-order valence-electron chi connectivity index (χ2n) is 6.55. The van der Waals surface area contributed by atoms with Gasteiger partial charge in [0.15, 0.2) is 0 Å². The van der Waals surface area contributed by atoms with Crippen molar-refractivity contribution in [3.05, 3.63) is 94.0 Å². The Bertz CT molecular complexity index is 1160. The van der Waals surface area contributed by atoms with Gasteiger partial charge in [0.1, 0.15) is 21.5 Å². The molecule has 0 aliphatic rings. The number of aromatic nitrogens is 1. The molecule has 0 radical (unpaired) electrons. The third-order valence-corrected chi connectivity index (χ3v) is 5.89. The number of amidine groups is 1. The van der Waals surface area contributed by atoms with Crippen LogP contribution in [-0.2, 0) is 0 Å². The Morgan fingerprint density at radius 3 is 2.00 bits per heavy atom. The molecule has 3 aromatic carbocycles. The summed E-state index contributed by atoms with van der Waals surface area (Å²) in [4.78, 5) is 9.57. The van der Waals surface area contributed by atoms with Crippen LogP contribution in [-0.4, -0.2) is 10.8 Å². The third kappa shape index (κ3) is 4.51. The second-order valence-corrected chi connectivity index (χ2v) is 8.40. The van der Waals surface area contributed by atoms with Gasteiger partial charge in [0, 0.05) is 26.7 Å². The van der Waals surface area contributed by atoms with Crippen molar-refractivity contribution in [1.82, 2.24) is 4.98 Å². The molecule has 144 valence electrons. The molecular weight excluding hydrogens is 421 g/mol. The number of halogens is 2. The Kier molecular flexibility index (Phi) is 5.67. The number of hydrogen-bond acceptors (Lipinski definition) is 3. The van der Waals surface area contributed by atoms with E-state index in [-0.39, 0.29) is 0 Å². The van der Waals surface area contributed by atoms with Gasteiger partial charge in [0.05, 0.1) is 0 Å². The van der Waals surface area contributed by atoms with Crippen molar-refractivity contribution < 1.29 is 0 Å². The molecule has 6 heteroatoms. The molecule has 0 saturated heterocycles. The summed E-state index contributed by atoms with van der Waals surface area (Å²) in [7, 11) is 0. The van der Waals surface area contributed by atoms with Crippen molar-refractivity contribution in [3.8, 4) is 21.8 Å². The van der Waals surface area contributed by atoms with Gasteiger partial charge in [-0.3, -0.25) is 0 Å². The maximum Gasteiger partial charge on any atom is 0.146 e. The van der Waals surface area contributed by atoms with Gasteiger partial charge < -0.3 is 5.73 Å². The molecule has 0 amide bonds. The molecule has 1 aromatic heterocycles. The third-order valence-electron chi connectivity index (χ3n) is 4.39. The summed E-state index contributed by atoms with van der Waals surface area (Å²) in [5, 5.41) is 2.96. The zero-order valence-electron chi connectivity index (χ0n) is 15.6. The lowest BCUT2D eigenvalue weighted by Gasteiger charge is -2.03. The number of thiazole rings is 1. The Hall–Kier alpha value is -2.66. The number of nitrogens with zero attached hydrogens (tertiary/aromatic N) is 2. The summed E-state index contributed by atoms with van der Waals surface area (Å²) in [6.45, 7) is 2.06. The molecule has 4 aromatic rings. The molecule has 3 nitrogen and oxygen atoms in total. The predicted molar refractivity (Wildman–Crippen MR) is 125 cm³/mol. The van der Waals surface area contributed by atoms with Crippen LogP contribution >= 0.6 is 34.5 Å². The van der Waals surface area contributed by atoms with Gasteiger partial charge in [-0.25, -0.2) is 9.98 Å². The molecule has 2 N–H and O–H groups in total. The van der Waals surface area contributed by atoms with Gasteiger partial charge in [-0.05, 0) is 43.3 Å². The molecule has 1 heterocycles. The predicted octanol–water partition coefficient (Wildman–Crippen LogP) is 7.13. The van der Waals surface area contributed by atoms with E-state index in [9.17, 15) is 0 Å². The van der Waals surface area contributed by atoms with Crippen LogP contribution < -0.4 is 5.73 Å². The Morgan fingerprint density at radius 2 is 1.38 bits per heavy atom. The first-order valence-electron chi connectivity index (χ1n) is 8.93. The average Bonchev–Trinajstić information content (AvgIpc) is 3.13. The van der Waals surface area contributed by atoms with Crippen LogP contribution in [0.1, 0.15) is 11.1 Å². The van der Waals surface area contributed by atoms with E-state index in [4.69, 9.17) is 38.9 Å². The van der Waals surface area contributed by atoms with Gasteiger partial charge >= 0.3 is 0 Å². The SMILES string of the molecule is Cc1ccc(-c2nc(-c3ccc(Cl)cc3)sc2/N=C(\N)c2ccc(Cl)cc2)cc1. The lowest BCUT2D eigenvalue weighted by molar-refractivity contribution is 1.37. The van der Waals surface area contributed by atoms with E-state index in [2.05, 4.69) is 19.1 Å². The van der Waals surface area contributed by atoms with Crippen molar-refractivity contribution in [2.75, 3.05) is 0 Å². The minimum absolute atomic E-state index is 0.418. The van der Waals surface area contributed by atoms with Gasteiger partial charge in [-0.2, -0.15) is 0 Å². The van der Waals surface area contributed by atoms with E-state index in [1.54, 1.807) is 12.1 Å². The fraction of sp³-hybridized carbons (Fsp3) is 0.0435. The fourth-order valence-electron chi connectivity index (χ4n) is 2.80. The summed E-state index contributed by atoms with van der Waals surface area (Å²) in [5.41, 5.74) is 11.1. The van der Waals surface area contributed by atoms with Gasteiger partial charge in [-0.1, -0.05) is 76.5 Å². The molecule has 0 bridgehead atoms. The maximum atomic E-state index is 6.28. The highest BCUT2D eigenvalue weighted by molar-refractivity contribution is 7.19. The van der Waals surface area contributed by atoms with Crippen LogP contribution in [0.4, 0.5) is 5.00 Å². The minimum Gasteiger partial charge on any atom is -0.383 e. The highest BCUT2D eigenvalue weighted by Crippen LogP contribution is 2.40. The molecule has 0 spiro atoms. The number of benzene rings is 3. The van der Waals surface area contributed by atoms with E-state index in [1.165, 1.54) is 16.9 Å². The number of nitrogens with two attached hydrogens (primary N) is 1. The molecule has 0 aliphatic carbocycles. The lowest BCUT2D eigenvalue weighted by Crippen LogP contribution is -2.12. The first-order chi connectivity index (χ1) is 14.0. The molecule has 0 fully saturated rings. The van der Waals surface area contributed by atoms with E-state index >= 15 is 0 Å². The van der Waals surface area contributed by atoms with E-state index < -0.39 is 0 Å². The highest BCUT2D eigenvalue weighted by atomic mass is 35.5. The molecule has 0 atom stereocenters. The van der Waals surface area contributed by atoms with Crippen LogP contribution in [0.15, 0.2) is 77.8 Å². The Morgan fingerprint density at radius 1 is 0.828 bits per heavy atom. The number of aryl methyl sites for hydroxylation is 1. The van der Waals surface area contributed by atoms with Gasteiger partial charge in [0.2, 0.25) is 0 Å². The fourth-order valence-corrected chi connectivity index (χ4v) is 4.03. The van der Waals surface area contributed by atoms with E-state index in [0.29, 0.717) is 15.9 Å².